The lowest BCUT2D eigenvalue weighted by Gasteiger charge is -2.22. The molecule has 0 saturated carbocycles. The Labute approximate surface area is 150 Å². The van der Waals surface area contributed by atoms with E-state index in [4.69, 9.17) is 11.6 Å². The Morgan fingerprint density at radius 2 is 1.92 bits per heavy atom. The van der Waals surface area contributed by atoms with Gasteiger partial charge < -0.3 is 15.2 Å². The van der Waals surface area contributed by atoms with Gasteiger partial charge in [0.1, 0.15) is 0 Å². The SMILES string of the molecule is O=C(Nc1ccc(Cl)cc1)N1CCCN(S(=O)(=O)c2cnc[nH]2)CC1. The molecule has 0 aliphatic carbocycles. The molecule has 1 saturated heterocycles. The van der Waals surface area contributed by atoms with E-state index in [0.29, 0.717) is 36.8 Å². The number of benzene rings is 1. The van der Waals surface area contributed by atoms with Crippen LogP contribution in [0.2, 0.25) is 5.02 Å². The van der Waals surface area contributed by atoms with E-state index >= 15 is 0 Å². The Morgan fingerprint density at radius 3 is 2.60 bits per heavy atom. The highest BCUT2D eigenvalue weighted by Gasteiger charge is 2.29. The standard InChI is InChI=1S/C15H18ClN5O3S/c16-12-2-4-13(5-3-12)19-15(22)20-6-1-7-21(9-8-20)25(23,24)14-10-17-11-18-14/h2-5,10-11H,1,6-9H2,(H,17,18)(H,19,22). The van der Waals surface area contributed by atoms with Crippen LogP contribution in [0.5, 0.6) is 0 Å². The van der Waals surface area contributed by atoms with E-state index < -0.39 is 10.0 Å². The largest absolute Gasteiger partial charge is 0.335 e. The van der Waals surface area contributed by atoms with E-state index in [1.165, 1.54) is 16.8 Å². The summed E-state index contributed by atoms with van der Waals surface area (Å²) < 4.78 is 26.4. The molecule has 2 heterocycles. The summed E-state index contributed by atoms with van der Waals surface area (Å²) in [5, 5.41) is 3.44. The van der Waals surface area contributed by atoms with Gasteiger partial charge in [-0.1, -0.05) is 11.6 Å². The fourth-order valence-electron chi connectivity index (χ4n) is 2.60. The number of halogens is 1. The predicted octanol–water partition coefficient (Wildman–Crippen LogP) is 1.99. The summed E-state index contributed by atoms with van der Waals surface area (Å²) in [6.45, 7) is 1.38. The van der Waals surface area contributed by atoms with Crippen molar-refractivity contribution >= 4 is 33.3 Å². The number of sulfonamides is 1. The number of nitrogens with zero attached hydrogens (tertiary/aromatic N) is 3. The number of aromatic amines is 1. The molecule has 0 unspecified atom stereocenters. The van der Waals surface area contributed by atoms with Crippen molar-refractivity contribution in [2.24, 2.45) is 0 Å². The fraction of sp³-hybridized carbons (Fsp3) is 0.333. The molecule has 10 heteroatoms. The van der Waals surface area contributed by atoms with Gasteiger partial charge in [-0.25, -0.2) is 18.2 Å². The number of urea groups is 1. The summed E-state index contributed by atoms with van der Waals surface area (Å²) in [6.07, 6.45) is 3.17. The van der Waals surface area contributed by atoms with Crippen molar-refractivity contribution in [3.63, 3.8) is 0 Å². The van der Waals surface area contributed by atoms with Gasteiger partial charge in [-0.3, -0.25) is 0 Å². The van der Waals surface area contributed by atoms with Crippen molar-refractivity contribution in [1.29, 1.82) is 0 Å². The first-order chi connectivity index (χ1) is 12.0. The molecule has 134 valence electrons. The number of carbonyl (C=O) groups excluding carboxylic acids is 1. The zero-order valence-corrected chi connectivity index (χ0v) is 14.9. The second kappa shape index (κ2) is 7.42. The lowest BCUT2D eigenvalue weighted by atomic mass is 10.3. The normalized spacial score (nSPS) is 16.4. The zero-order valence-electron chi connectivity index (χ0n) is 13.4. The molecule has 0 radical (unpaired) electrons. The van der Waals surface area contributed by atoms with E-state index in [9.17, 15) is 13.2 Å². The quantitative estimate of drug-likeness (QED) is 0.846. The summed E-state index contributed by atoms with van der Waals surface area (Å²) in [5.74, 6) is 0. The number of imidazole rings is 1. The average molecular weight is 384 g/mol. The Kier molecular flexibility index (Phi) is 5.26. The molecule has 8 nitrogen and oxygen atoms in total. The Bertz CT molecular complexity index is 823. The Balaban J connectivity index is 1.63. The molecule has 1 aromatic heterocycles. The number of nitrogens with one attached hydrogen (secondary N) is 2. The minimum absolute atomic E-state index is 0.0616. The third-order valence-corrected chi connectivity index (χ3v) is 6.00. The highest BCUT2D eigenvalue weighted by molar-refractivity contribution is 7.89. The van der Waals surface area contributed by atoms with E-state index in [1.54, 1.807) is 29.2 Å². The molecule has 1 aromatic carbocycles. The Morgan fingerprint density at radius 1 is 1.16 bits per heavy atom. The molecule has 3 rings (SSSR count). The van der Waals surface area contributed by atoms with Crippen LogP contribution in [0.3, 0.4) is 0 Å². The van der Waals surface area contributed by atoms with E-state index in [1.807, 2.05) is 0 Å². The minimum Gasteiger partial charge on any atom is -0.335 e. The molecule has 1 fully saturated rings. The van der Waals surface area contributed by atoms with E-state index in [-0.39, 0.29) is 17.6 Å². The van der Waals surface area contributed by atoms with Gasteiger partial charge in [-0.15, -0.1) is 0 Å². The monoisotopic (exact) mass is 383 g/mol. The van der Waals surface area contributed by atoms with Gasteiger partial charge in [0.25, 0.3) is 10.0 Å². The van der Waals surface area contributed by atoms with Crippen LogP contribution in [0.25, 0.3) is 0 Å². The van der Waals surface area contributed by atoms with Crippen LogP contribution in [0, 0.1) is 0 Å². The molecule has 1 aliphatic heterocycles. The molecule has 2 amide bonds. The van der Waals surface area contributed by atoms with Crippen LogP contribution >= 0.6 is 11.6 Å². The van der Waals surface area contributed by atoms with Gasteiger partial charge in [0.05, 0.1) is 12.5 Å². The van der Waals surface area contributed by atoms with E-state index in [2.05, 4.69) is 15.3 Å². The van der Waals surface area contributed by atoms with Crippen molar-refractivity contribution < 1.29 is 13.2 Å². The lowest BCUT2D eigenvalue weighted by molar-refractivity contribution is 0.214. The van der Waals surface area contributed by atoms with Gasteiger partial charge >= 0.3 is 6.03 Å². The molecular formula is C15H18ClN5O3S. The maximum Gasteiger partial charge on any atom is 0.321 e. The third kappa shape index (κ3) is 4.12. The predicted molar refractivity (Wildman–Crippen MR) is 94.0 cm³/mol. The van der Waals surface area contributed by atoms with Crippen LogP contribution in [0.15, 0.2) is 41.8 Å². The molecule has 0 atom stereocenters. The second-order valence-electron chi connectivity index (χ2n) is 5.60. The number of hydrogen-bond donors (Lipinski definition) is 2. The number of amides is 2. The number of hydrogen-bond acceptors (Lipinski definition) is 4. The van der Waals surface area contributed by atoms with Crippen LogP contribution in [0.4, 0.5) is 10.5 Å². The number of rotatable bonds is 3. The van der Waals surface area contributed by atoms with Crippen LogP contribution in [-0.2, 0) is 10.0 Å². The van der Waals surface area contributed by atoms with Crippen molar-refractivity contribution in [1.82, 2.24) is 19.2 Å². The van der Waals surface area contributed by atoms with E-state index in [0.717, 1.165) is 0 Å². The topological polar surface area (TPSA) is 98.4 Å². The van der Waals surface area contributed by atoms with Crippen LogP contribution in [-0.4, -0.2) is 59.8 Å². The van der Waals surface area contributed by atoms with Crippen LogP contribution in [0.1, 0.15) is 6.42 Å². The van der Waals surface area contributed by atoms with Crippen molar-refractivity contribution in [2.45, 2.75) is 11.4 Å². The number of aromatic nitrogens is 2. The molecule has 0 spiro atoms. The summed E-state index contributed by atoms with van der Waals surface area (Å²) in [7, 11) is -3.61. The van der Waals surface area contributed by atoms with Crippen molar-refractivity contribution in [2.75, 3.05) is 31.5 Å². The first-order valence-corrected chi connectivity index (χ1v) is 9.58. The number of H-pyrrole nitrogens is 1. The summed E-state index contributed by atoms with van der Waals surface area (Å²) >= 11 is 5.83. The lowest BCUT2D eigenvalue weighted by Crippen LogP contribution is -2.39. The van der Waals surface area contributed by atoms with Gasteiger partial charge in [0.15, 0.2) is 5.03 Å². The summed E-state index contributed by atoms with van der Waals surface area (Å²) in [4.78, 5) is 20.4. The Hall–Kier alpha value is -2.10. The highest BCUT2D eigenvalue weighted by Crippen LogP contribution is 2.17. The minimum atomic E-state index is -3.61. The first-order valence-electron chi connectivity index (χ1n) is 7.77. The maximum atomic E-state index is 12.5. The molecular weight excluding hydrogens is 366 g/mol. The maximum absolute atomic E-state index is 12.5. The summed E-state index contributed by atoms with van der Waals surface area (Å²) in [5.41, 5.74) is 0.639. The number of carbonyl (C=O) groups is 1. The van der Waals surface area contributed by atoms with Crippen molar-refractivity contribution in [3.8, 4) is 0 Å². The smallest absolute Gasteiger partial charge is 0.321 e. The molecule has 2 N–H and O–H groups in total. The van der Waals surface area contributed by atoms with Gasteiger partial charge in [0.2, 0.25) is 0 Å². The van der Waals surface area contributed by atoms with Gasteiger partial charge in [-0.2, -0.15) is 4.31 Å². The number of anilines is 1. The molecule has 1 aliphatic rings. The van der Waals surface area contributed by atoms with Crippen LogP contribution < -0.4 is 5.32 Å². The highest BCUT2D eigenvalue weighted by atomic mass is 35.5. The molecule has 25 heavy (non-hydrogen) atoms. The average Bonchev–Trinajstić information content (AvgIpc) is 3.02. The molecule has 2 aromatic rings. The first kappa shape index (κ1) is 17.7. The zero-order chi connectivity index (χ0) is 17.9. The van der Waals surface area contributed by atoms with Gasteiger partial charge in [-0.05, 0) is 30.7 Å². The van der Waals surface area contributed by atoms with Gasteiger partial charge in [0, 0.05) is 36.9 Å². The molecule has 0 bridgehead atoms. The van der Waals surface area contributed by atoms with Crippen molar-refractivity contribution in [3.05, 3.63) is 41.8 Å². The summed E-state index contributed by atoms with van der Waals surface area (Å²) in [6, 6.07) is 6.56. The second-order valence-corrected chi connectivity index (χ2v) is 7.94. The fourth-order valence-corrected chi connectivity index (χ4v) is 4.09. The third-order valence-electron chi connectivity index (χ3n) is 3.93.